The third-order valence-electron chi connectivity index (χ3n) is 3.85. The van der Waals surface area contributed by atoms with E-state index in [4.69, 9.17) is 14.2 Å². The zero-order chi connectivity index (χ0) is 16.1. The number of amides is 1. The van der Waals surface area contributed by atoms with Crippen LogP contribution in [0.2, 0.25) is 0 Å². The van der Waals surface area contributed by atoms with Crippen LogP contribution in [0.3, 0.4) is 0 Å². The van der Waals surface area contributed by atoms with E-state index >= 15 is 0 Å². The predicted molar refractivity (Wildman–Crippen MR) is 83.9 cm³/mol. The number of benzene rings is 1. The van der Waals surface area contributed by atoms with Gasteiger partial charge in [0, 0.05) is 30.8 Å². The fraction of sp³-hybridized carbons (Fsp3) is 0.562. The van der Waals surface area contributed by atoms with Crippen molar-refractivity contribution in [3.05, 3.63) is 23.3 Å². The minimum atomic E-state index is -0.159. The van der Waals surface area contributed by atoms with E-state index in [9.17, 15) is 4.79 Å². The maximum Gasteiger partial charge on any atom is 0.251 e. The monoisotopic (exact) mass is 308 g/mol. The van der Waals surface area contributed by atoms with Gasteiger partial charge in [-0.2, -0.15) is 0 Å². The van der Waals surface area contributed by atoms with Crippen molar-refractivity contribution < 1.29 is 19.0 Å². The highest BCUT2D eigenvalue weighted by Gasteiger charge is 2.19. The van der Waals surface area contributed by atoms with Gasteiger partial charge in [0.2, 0.25) is 0 Å². The number of nitrogens with one attached hydrogen (secondary N) is 1. The SMILES string of the molecule is COc1cc(C(=O)NCC2CN(C)CCO2)cc(OC)c1C. The molecule has 0 aliphatic carbocycles. The van der Waals surface area contributed by atoms with Gasteiger partial charge in [-0.3, -0.25) is 4.79 Å². The molecular weight excluding hydrogens is 284 g/mol. The third kappa shape index (κ3) is 3.90. The minimum absolute atomic E-state index is 0.0249. The van der Waals surface area contributed by atoms with Gasteiger partial charge in [0.15, 0.2) is 0 Å². The number of carbonyl (C=O) groups is 1. The van der Waals surface area contributed by atoms with Crippen LogP contribution in [0.25, 0.3) is 0 Å². The lowest BCUT2D eigenvalue weighted by molar-refractivity contribution is -0.0175. The fourth-order valence-corrected chi connectivity index (χ4v) is 2.52. The number of morpholine rings is 1. The highest BCUT2D eigenvalue weighted by molar-refractivity contribution is 5.95. The Hall–Kier alpha value is -1.79. The van der Waals surface area contributed by atoms with Gasteiger partial charge in [0.1, 0.15) is 11.5 Å². The van der Waals surface area contributed by atoms with E-state index in [0.29, 0.717) is 30.2 Å². The standard InChI is InChI=1S/C16H24N2O4/c1-11-14(20-3)7-12(8-15(11)21-4)16(19)17-9-13-10-18(2)5-6-22-13/h7-8,13H,5-6,9-10H2,1-4H3,(H,17,19). The number of likely N-dealkylation sites (N-methyl/N-ethyl adjacent to an activating group) is 1. The van der Waals surface area contributed by atoms with Crippen LogP contribution in [0.5, 0.6) is 11.5 Å². The van der Waals surface area contributed by atoms with Crippen LogP contribution in [0.1, 0.15) is 15.9 Å². The maximum atomic E-state index is 12.3. The van der Waals surface area contributed by atoms with Crippen LogP contribution >= 0.6 is 0 Å². The van der Waals surface area contributed by atoms with E-state index in [0.717, 1.165) is 18.7 Å². The molecule has 2 rings (SSSR count). The molecule has 22 heavy (non-hydrogen) atoms. The Morgan fingerprint density at radius 3 is 2.55 bits per heavy atom. The molecular formula is C16H24N2O4. The van der Waals surface area contributed by atoms with Gasteiger partial charge in [0.25, 0.3) is 5.91 Å². The Labute approximate surface area is 131 Å². The van der Waals surface area contributed by atoms with Crippen LogP contribution in [0, 0.1) is 6.92 Å². The molecule has 0 saturated carbocycles. The van der Waals surface area contributed by atoms with Gasteiger partial charge in [-0.15, -0.1) is 0 Å². The summed E-state index contributed by atoms with van der Waals surface area (Å²) in [7, 11) is 5.21. The van der Waals surface area contributed by atoms with E-state index in [1.807, 2.05) is 14.0 Å². The first-order chi connectivity index (χ1) is 10.5. The van der Waals surface area contributed by atoms with Crippen molar-refractivity contribution >= 4 is 5.91 Å². The molecule has 0 bridgehead atoms. The molecule has 1 amide bonds. The van der Waals surface area contributed by atoms with E-state index in [1.54, 1.807) is 26.4 Å². The summed E-state index contributed by atoms with van der Waals surface area (Å²) in [5, 5.41) is 2.91. The van der Waals surface area contributed by atoms with Gasteiger partial charge in [-0.25, -0.2) is 0 Å². The molecule has 0 aromatic heterocycles. The lowest BCUT2D eigenvalue weighted by atomic mass is 10.1. The summed E-state index contributed by atoms with van der Waals surface area (Å²) in [6.07, 6.45) is 0.0249. The number of carbonyl (C=O) groups excluding carboxylic acids is 1. The summed E-state index contributed by atoms with van der Waals surface area (Å²) < 4.78 is 16.2. The smallest absolute Gasteiger partial charge is 0.251 e. The van der Waals surface area contributed by atoms with Crippen LogP contribution in [-0.2, 0) is 4.74 Å². The van der Waals surface area contributed by atoms with Gasteiger partial charge >= 0.3 is 0 Å². The minimum Gasteiger partial charge on any atom is -0.496 e. The zero-order valence-electron chi connectivity index (χ0n) is 13.6. The normalized spacial score (nSPS) is 18.8. The van der Waals surface area contributed by atoms with Crippen LogP contribution in [0.15, 0.2) is 12.1 Å². The lowest BCUT2D eigenvalue weighted by Gasteiger charge is -2.30. The molecule has 1 aliphatic heterocycles. The second kappa shape index (κ2) is 7.47. The average Bonchev–Trinajstić information content (AvgIpc) is 2.53. The van der Waals surface area contributed by atoms with Gasteiger partial charge in [0.05, 0.1) is 26.9 Å². The van der Waals surface area contributed by atoms with Gasteiger partial charge < -0.3 is 24.4 Å². The Balaban J connectivity index is 2.03. The number of rotatable bonds is 5. The van der Waals surface area contributed by atoms with Crippen molar-refractivity contribution in [2.45, 2.75) is 13.0 Å². The number of hydrogen-bond donors (Lipinski definition) is 1. The topological polar surface area (TPSA) is 60.0 Å². The van der Waals surface area contributed by atoms with Crippen molar-refractivity contribution in [1.82, 2.24) is 10.2 Å². The molecule has 6 heteroatoms. The Kier molecular flexibility index (Phi) is 5.63. The number of hydrogen-bond acceptors (Lipinski definition) is 5. The zero-order valence-corrected chi connectivity index (χ0v) is 13.6. The first-order valence-corrected chi connectivity index (χ1v) is 7.36. The summed E-state index contributed by atoms with van der Waals surface area (Å²) in [5.74, 6) is 1.12. The number of methoxy groups -OCH3 is 2. The molecule has 1 atom stereocenters. The molecule has 6 nitrogen and oxygen atoms in total. The fourth-order valence-electron chi connectivity index (χ4n) is 2.52. The lowest BCUT2D eigenvalue weighted by Crippen LogP contribution is -2.45. The van der Waals surface area contributed by atoms with Crippen molar-refractivity contribution in [3.63, 3.8) is 0 Å². The summed E-state index contributed by atoms with van der Waals surface area (Å²) in [6.45, 7) is 4.83. The highest BCUT2D eigenvalue weighted by atomic mass is 16.5. The molecule has 0 spiro atoms. The summed E-state index contributed by atoms with van der Waals surface area (Å²) in [6, 6.07) is 3.45. The van der Waals surface area contributed by atoms with Crippen molar-refractivity contribution in [1.29, 1.82) is 0 Å². The largest absolute Gasteiger partial charge is 0.496 e. The van der Waals surface area contributed by atoms with Crippen LogP contribution in [0.4, 0.5) is 0 Å². The molecule has 1 aliphatic rings. The highest BCUT2D eigenvalue weighted by Crippen LogP contribution is 2.29. The number of nitrogens with zero attached hydrogens (tertiary/aromatic N) is 1. The van der Waals surface area contributed by atoms with Crippen LogP contribution in [-0.4, -0.2) is 64.4 Å². The maximum absolute atomic E-state index is 12.3. The van der Waals surface area contributed by atoms with E-state index in [1.165, 1.54) is 0 Å². The first kappa shape index (κ1) is 16.6. The van der Waals surface area contributed by atoms with E-state index in [-0.39, 0.29) is 12.0 Å². The number of ether oxygens (including phenoxy) is 3. The second-order valence-electron chi connectivity index (χ2n) is 5.47. The summed E-state index contributed by atoms with van der Waals surface area (Å²) in [4.78, 5) is 14.5. The Bertz CT molecular complexity index is 508. The first-order valence-electron chi connectivity index (χ1n) is 7.36. The Morgan fingerprint density at radius 1 is 1.36 bits per heavy atom. The molecule has 0 radical (unpaired) electrons. The molecule has 1 N–H and O–H groups in total. The molecule has 1 saturated heterocycles. The third-order valence-corrected chi connectivity index (χ3v) is 3.85. The van der Waals surface area contributed by atoms with Crippen molar-refractivity contribution in [2.75, 3.05) is 47.5 Å². The van der Waals surface area contributed by atoms with Crippen molar-refractivity contribution in [2.24, 2.45) is 0 Å². The van der Waals surface area contributed by atoms with Crippen LogP contribution < -0.4 is 14.8 Å². The molecule has 1 aromatic rings. The Morgan fingerprint density at radius 2 is 2.00 bits per heavy atom. The van der Waals surface area contributed by atoms with Gasteiger partial charge in [-0.1, -0.05) is 0 Å². The quantitative estimate of drug-likeness (QED) is 0.882. The summed E-state index contributed by atoms with van der Waals surface area (Å²) >= 11 is 0. The predicted octanol–water partition coefficient (Wildman–Crippen LogP) is 1.07. The van der Waals surface area contributed by atoms with E-state index in [2.05, 4.69) is 10.2 Å². The molecule has 1 unspecified atom stereocenters. The molecule has 1 heterocycles. The average molecular weight is 308 g/mol. The van der Waals surface area contributed by atoms with E-state index < -0.39 is 0 Å². The molecule has 1 fully saturated rings. The van der Waals surface area contributed by atoms with Crippen molar-refractivity contribution in [3.8, 4) is 11.5 Å². The molecule has 122 valence electrons. The molecule has 1 aromatic carbocycles. The second-order valence-corrected chi connectivity index (χ2v) is 5.47. The van der Waals surface area contributed by atoms with Gasteiger partial charge in [-0.05, 0) is 26.1 Å². The summed E-state index contributed by atoms with van der Waals surface area (Å²) in [5.41, 5.74) is 1.39.